The molecule has 25 heavy (non-hydrogen) atoms. The fourth-order valence-corrected chi connectivity index (χ4v) is 3.96. The van der Waals surface area contributed by atoms with Crippen LogP contribution in [0, 0.1) is 0 Å². The van der Waals surface area contributed by atoms with Gasteiger partial charge in [-0.05, 0) is 48.4 Å². The molecular weight excluding hydrogens is 409 g/mol. The van der Waals surface area contributed by atoms with Crippen LogP contribution in [0.25, 0.3) is 0 Å². The van der Waals surface area contributed by atoms with Crippen LogP contribution in [0.4, 0.5) is 0 Å². The average molecular weight is 423 g/mol. The van der Waals surface area contributed by atoms with Gasteiger partial charge in [0.2, 0.25) is 10.0 Å². The highest BCUT2D eigenvalue weighted by Crippen LogP contribution is 2.25. The highest BCUT2D eigenvalue weighted by atomic mass is 35.5. The molecule has 2 aromatic carbocycles. The predicted octanol–water partition coefficient (Wildman–Crippen LogP) is 3.96. The highest BCUT2D eigenvalue weighted by Gasteiger charge is 2.33. The molecule has 0 aliphatic rings. The van der Waals surface area contributed by atoms with E-state index in [0.717, 1.165) is 4.31 Å². The summed E-state index contributed by atoms with van der Waals surface area (Å²) >= 11 is 17.5. The van der Waals surface area contributed by atoms with Crippen LogP contribution in [0.15, 0.2) is 47.4 Å². The maximum Gasteiger partial charge on any atom is 0.322 e. The second-order valence-corrected chi connectivity index (χ2v) is 8.53. The van der Waals surface area contributed by atoms with Crippen molar-refractivity contribution in [1.82, 2.24) is 4.31 Å². The summed E-state index contributed by atoms with van der Waals surface area (Å²) in [4.78, 5) is 11.6. The van der Waals surface area contributed by atoms with E-state index in [2.05, 4.69) is 0 Å². The molecule has 0 aromatic heterocycles. The Hall–Kier alpha value is -1.31. The number of carboxylic acid groups (broad SMARTS) is 1. The first-order chi connectivity index (χ1) is 11.6. The van der Waals surface area contributed by atoms with Gasteiger partial charge in [0.1, 0.15) is 6.04 Å². The Labute approximate surface area is 160 Å². The third-order valence-corrected chi connectivity index (χ3v) is 6.50. The van der Waals surface area contributed by atoms with E-state index in [4.69, 9.17) is 34.8 Å². The number of likely N-dealkylation sites (N-methyl/N-ethyl adjacent to an activating group) is 1. The number of carbonyl (C=O) groups is 1. The minimum atomic E-state index is -4.00. The first kappa shape index (κ1) is 20.0. The summed E-state index contributed by atoms with van der Waals surface area (Å²) in [5.41, 5.74) is 0.556. The van der Waals surface area contributed by atoms with Crippen LogP contribution in [0.5, 0.6) is 0 Å². The van der Waals surface area contributed by atoms with Crippen LogP contribution in [-0.2, 0) is 21.2 Å². The average Bonchev–Trinajstić information content (AvgIpc) is 2.55. The summed E-state index contributed by atoms with van der Waals surface area (Å²) < 4.78 is 26.2. The molecular formula is C16H14Cl3NO4S. The van der Waals surface area contributed by atoms with Gasteiger partial charge in [0.05, 0.1) is 14.9 Å². The molecule has 5 nitrogen and oxygen atoms in total. The summed E-state index contributed by atoms with van der Waals surface area (Å²) in [7, 11) is -2.78. The van der Waals surface area contributed by atoms with Gasteiger partial charge < -0.3 is 5.11 Å². The number of nitrogens with zero attached hydrogens (tertiary/aromatic N) is 1. The van der Waals surface area contributed by atoms with Crippen LogP contribution < -0.4 is 0 Å². The first-order valence-corrected chi connectivity index (χ1v) is 9.60. The minimum Gasteiger partial charge on any atom is -0.480 e. The van der Waals surface area contributed by atoms with Gasteiger partial charge in [-0.25, -0.2) is 8.42 Å². The topological polar surface area (TPSA) is 74.7 Å². The number of benzene rings is 2. The lowest BCUT2D eigenvalue weighted by atomic mass is 10.1. The number of hydrogen-bond donors (Lipinski definition) is 1. The molecule has 1 atom stereocenters. The maximum atomic E-state index is 12.7. The van der Waals surface area contributed by atoms with Gasteiger partial charge in [-0.3, -0.25) is 4.79 Å². The van der Waals surface area contributed by atoms with Gasteiger partial charge in [0.25, 0.3) is 0 Å². The number of halogens is 3. The van der Waals surface area contributed by atoms with Crippen molar-refractivity contribution in [2.24, 2.45) is 0 Å². The molecule has 9 heteroatoms. The van der Waals surface area contributed by atoms with Crippen molar-refractivity contribution in [3.8, 4) is 0 Å². The second-order valence-electron chi connectivity index (χ2n) is 5.28. The lowest BCUT2D eigenvalue weighted by molar-refractivity contribution is -0.141. The van der Waals surface area contributed by atoms with Crippen LogP contribution in [0.1, 0.15) is 5.56 Å². The SMILES string of the molecule is CN(C(Cc1ccc(Cl)c(Cl)c1)C(=O)O)S(=O)(=O)c1ccc(Cl)cc1. The van der Waals surface area contributed by atoms with E-state index in [1.54, 1.807) is 6.07 Å². The van der Waals surface area contributed by atoms with Gasteiger partial charge >= 0.3 is 5.97 Å². The summed E-state index contributed by atoms with van der Waals surface area (Å²) in [6.07, 6.45) is -0.0600. The van der Waals surface area contributed by atoms with E-state index in [9.17, 15) is 18.3 Å². The Bertz CT molecular complexity index is 885. The summed E-state index contributed by atoms with van der Waals surface area (Å²) in [5.74, 6) is -1.27. The van der Waals surface area contributed by atoms with E-state index in [0.29, 0.717) is 15.6 Å². The molecule has 0 saturated carbocycles. The first-order valence-electron chi connectivity index (χ1n) is 7.03. The molecule has 134 valence electrons. The fraction of sp³-hybridized carbons (Fsp3) is 0.188. The zero-order chi connectivity index (χ0) is 18.8. The molecule has 0 amide bonds. The predicted molar refractivity (Wildman–Crippen MR) is 98.0 cm³/mol. The smallest absolute Gasteiger partial charge is 0.322 e. The molecule has 0 fully saturated rings. The molecule has 0 spiro atoms. The quantitative estimate of drug-likeness (QED) is 0.764. The van der Waals surface area contributed by atoms with Gasteiger partial charge in [-0.2, -0.15) is 4.31 Å². The fourth-order valence-electron chi connectivity index (χ4n) is 2.20. The van der Waals surface area contributed by atoms with Crippen LogP contribution in [-0.4, -0.2) is 36.9 Å². The highest BCUT2D eigenvalue weighted by molar-refractivity contribution is 7.89. The second kappa shape index (κ2) is 7.93. The molecule has 2 rings (SSSR count). The van der Waals surface area contributed by atoms with E-state index in [1.165, 1.54) is 43.4 Å². The van der Waals surface area contributed by atoms with Gasteiger partial charge in [-0.15, -0.1) is 0 Å². The lowest BCUT2D eigenvalue weighted by Gasteiger charge is -2.24. The van der Waals surface area contributed by atoms with Crippen molar-refractivity contribution in [3.05, 3.63) is 63.1 Å². The Morgan fingerprint density at radius 1 is 1.08 bits per heavy atom. The van der Waals surface area contributed by atoms with Crippen molar-refractivity contribution in [1.29, 1.82) is 0 Å². The Balaban J connectivity index is 2.33. The summed E-state index contributed by atoms with van der Waals surface area (Å²) in [6.45, 7) is 0. The number of rotatable bonds is 6. The summed E-state index contributed by atoms with van der Waals surface area (Å²) in [5, 5.41) is 10.5. The number of hydrogen-bond acceptors (Lipinski definition) is 3. The van der Waals surface area contributed by atoms with E-state index in [1.807, 2.05) is 0 Å². The van der Waals surface area contributed by atoms with Crippen molar-refractivity contribution < 1.29 is 18.3 Å². The molecule has 0 heterocycles. The van der Waals surface area contributed by atoms with Crippen molar-refractivity contribution in [2.75, 3.05) is 7.05 Å². The standard InChI is InChI=1S/C16H14Cl3NO4S/c1-20(25(23,24)12-5-3-11(17)4-6-12)15(16(21)22)9-10-2-7-13(18)14(19)8-10/h2-8,15H,9H2,1H3,(H,21,22). The molecule has 1 unspecified atom stereocenters. The molecule has 0 saturated heterocycles. The van der Waals surface area contributed by atoms with E-state index >= 15 is 0 Å². The van der Waals surface area contributed by atoms with Crippen LogP contribution >= 0.6 is 34.8 Å². The number of aliphatic carboxylic acids is 1. The third-order valence-electron chi connectivity index (χ3n) is 3.63. The molecule has 0 aliphatic carbocycles. The molecule has 2 aromatic rings. The largest absolute Gasteiger partial charge is 0.480 e. The molecule has 1 N–H and O–H groups in total. The van der Waals surface area contributed by atoms with Gasteiger partial charge in [-0.1, -0.05) is 40.9 Å². The monoisotopic (exact) mass is 421 g/mol. The lowest BCUT2D eigenvalue weighted by Crippen LogP contribution is -2.43. The molecule has 0 bridgehead atoms. The minimum absolute atomic E-state index is 0.0419. The van der Waals surface area contributed by atoms with Gasteiger partial charge in [0.15, 0.2) is 0 Å². The molecule has 0 radical (unpaired) electrons. The zero-order valence-electron chi connectivity index (χ0n) is 13.0. The van der Waals surface area contributed by atoms with Crippen LogP contribution in [0.3, 0.4) is 0 Å². The number of sulfonamides is 1. The number of carboxylic acids is 1. The van der Waals surface area contributed by atoms with Crippen molar-refractivity contribution >= 4 is 50.8 Å². The maximum absolute atomic E-state index is 12.7. The van der Waals surface area contributed by atoms with Crippen molar-refractivity contribution in [2.45, 2.75) is 17.4 Å². The van der Waals surface area contributed by atoms with Crippen molar-refractivity contribution in [3.63, 3.8) is 0 Å². The summed E-state index contributed by atoms with van der Waals surface area (Å²) in [6, 6.07) is 8.85. The third kappa shape index (κ3) is 4.65. The Morgan fingerprint density at radius 2 is 1.68 bits per heavy atom. The van der Waals surface area contributed by atoms with Gasteiger partial charge in [0, 0.05) is 12.1 Å². The van der Waals surface area contributed by atoms with Crippen LogP contribution in [0.2, 0.25) is 15.1 Å². The normalized spacial score (nSPS) is 13.0. The van der Waals surface area contributed by atoms with E-state index < -0.39 is 22.0 Å². The Kier molecular flexibility index (Phi) is 6.35. The zero-order valence-corrected chi connectivity index (χ0v) is 16.1. The Morgan fingerprint density at radius 3 is 2.20 bits per heavy atom. The molecule has 0 aliphatic heterocycles. The van der Waals surface area contributed by atoms with E-state index in [-0.39, 0.29) is 16.3 Å².